The van der Waals surface area contributed by atoms with Gasteiger partial charge in [0.25, 0.3) is 0 Å². The summed E-state index contributed by atoms with van der Waals surface area (Å²) in [5.41, 5.74) is 0. The van der Waals surface area contributed by atoms with Crippen molar-refractivity contribution < 1.29 is 4.79 Å². The first-order valence-corrected chi connectivity index (χ1v) is 6.46. The van der Waals surface area contributed by atoms with Gasteiger partial charge in [-0.15, -0.1) is 0 Å². The summed E-state index contributed by atoms with van der Waals surface area (Å²) in [5.74, 6) is 0.176. The Morgan fingerprint density at radius 2 is 2.06 bits per heavy atom. The minimum Gasteiger partial charge on any atom is -0.326 e. The van der Waals surface area contributed by atoms with Gasteiger partial charge in [0.05, 0.1) is 6.07 Å². The molecule has 16 heavy (non-hydrogen) atoms. The number of carbonyl (C=O) groups is 1. The number of hydrogen-bond acceptors (Lipinski definition) is 2. The molecular formula is C13H22N2O. The maximum atomic E-state index is 12.0. The van der Waals surface area contributed by atoms with Gasteiger partial charge < -0.3 is 4.90 Å². The highest BCUT2D eigenvalue weighted by Crippen LogP contribution is 2.23. The first-order valence-electron chi connectivity index (χ1n) is 6.46. The van der Waals surface area contributed by atoms with E-state index >= 15 is 0 Å². The fourth-order valence-corrected chi connectivity index (χ4v) is 2.36. The van der Waals surface area contributed by atoms with Gasteiger partial charge in [0.1, 0.15) is 6.54 Å². The number of nitrogens with zero attached hydrogens (tertiary/aromatic N) is 2. The lowest BCUT2D eigenvalue weighted by molar-refractivity contribution is -0.133. The molecule has 1 rings (SSSR count). The summed E-state index contributed by atoms with van der Waals surface area (Å²) in [4.78, 5) is 13.8. The minimum atomic E-state index is 0.176. The fraction of sp³-hybridized carbons (Fsp3) is 0.846. The molecule has 1 amide bonds. The zero-order valence-electron chi connectivity index (χ0n) is 10.2. The largest absolute Gasteiger partial charge is 0.326 e. The van der Waals surface area contributed by atoms with E-state index in [1.54, 1.807) is 0 Å². The van der Waals surface area contributed by atoms with E-state index in [-0.39, 0.29) is 12.5 Å². The third kappa shape index (κ3) is 3.84. The van der Waals surface area contributed by atoms with Gasteiger partial charge in [-0.1, -0.05) is 32.6 Å². The van der Waals surface area contributed by atoms with Crippen molar-refractivity contribution in [3.05, 3.63) is 0 Å². The van der Waals surface area contributed by atoms with Crippen molar-refractivity contribution in [1.82, 2.24) is 4.90 Å². The Labute approximate surface area is 98.4 Å². The Morgan fingerprint density at radius 1 is 1.38 bits per heavy atom. The molecule has 0 atom stereocenters. The molecule has 0 heterocycles. The van der Waals surface area contributed by atoms with Crippen LogP contribution in [0.1, 0.15) is 58.3 Å². The molecule has 1 saturated carbocycles. The summed E-state index contributed by atoms with van der Waals surface area (Å²) < 4.78 is 0. The molecule has 0 aromatic heterocycles. The standard InChI is InChI=1S/C13H22N2O/c1-2-3-9-13(16)15(11-10-14)12-7-5-4-6-8-12/h12H,2-9,11H2,1H3. The molecule has 0 aromatic carbocycles. The van der Waals surface area contributed by atoms with Gasteiger partial charge in [0, 0.05) is 12.5 Å². The Balaban J connectivity index is 2.51. The summed E-state index contributed by atoms with van der Waals surface area (Å²) in [6, 6.07) is 2.46. The van der Waals surface area contributed by atoms with E-state index in [0.717, 1.165) is 25.7 Å². The quantitative estimate of drug-likeness (QED) is 0.671. The van der Waals surface area contributed by atoms with Gasteiger partial charge in [-0.05, 0) is 19.3 Å². The van der Waals surface area contributed by atoms with Crippen molar-refractivity contribution in [3.63, 3.8) is 0 Å². The van der Waals surface area contributed by atoms with Gasteiger partial charge in [0.2, 0.25) is 5.91 Å². The van der Waals surface area contributed by atoms with Crippen LogP contribution in [0, 0.1) is 11.3 Å². The molecule has 1 aliphatic rings. The minimum absolute atomic E-state index is 0.176. The van der Waals surface area contributed by atoms with Crippen molar-refractivity contribution in [2.75, 3.05) is 6.54 Å². The maximum absolute atomic E-state index is 12.0. The average Bonchev–Trinajstić information content (AvgIpc) is 2.34. The van der Waals surface area contributed by atoms with Crippen LogP contribution in [-0.2, 0) is 4.79 Å². The van der Waals surface area contributed by atoms with Crippen LogP contribution in [0.25, 0.3) is 0 Å². The number of unbranched alkanes of at least 4 members (excludes halogenated alkanes) is 1. The topological polar surface area (TPSA) is 44.1 Å². The molecule has 0 aromatic rings. The van der Waals surface area contributed by atoms with Crippen LogP contribution in [0.5, 0.6) is 0 Å². The second-order valence-corrected chi connectivity index (χ2v) is 4.58. The highest BCUT2D eigenvalue weighted by Gasteiger charge is 2.24. The lowest BCUT2D eigenvalue weighted by Crippen LogP contribution is -2.41. The van der Waals surface area contributed by atoms with Crippen molar-refractivity contribution in [2.24, 2.45) is 0 Å². The molecule has 0 aliphatic heterocycles. The predicted octanol–water partition coefficient (Wildman–Crippen LogP) is 2.86. The number of carbonyl (C=O) groups excluding carboxylic acids is 1. The highest BCUT2D eigenvalue weighted by molar-refractivity contribution is 5.76. The summed E-state index contributed by atoms with van der Waals surface area (Å²) in [7, 11) is 0. The number of rotatable bonds is 5. The normalized spacial score (nSPS) is 16.8. The molecule has 0 spiro atoms. The Kier molecular flexibility index (Phi) is 5.92. The van der Waals surface area contributed by atoms with Crippen molar-refractivity contribution >= 4 is 5.91 Å². The zero-order chi connectivity index (χ0) is 11.8. The SMILES string of the molecule is CCCCC(=O)N(CC#N)C1CCCCC1. The van der Waals surface area contributed by atoms with E-state index in [9.17, 15) is 4.79 Å². The second-order valence-electron chi connectivity index (χ2n) is 4.58. The smallest absolute Gasteiger partial charge is 0.223 e. The van der Waals surface area contributed by atoms with E-state index in [0.29, 0.717) is 12.5 Å². The molecule has 1 aliphatic carbocycles. The molecule has 1 fully saturated rings. The third-order valence-electron chi connectivity index (χ3n) is 3.32. The van der Waals surface area contributed by atoms with E-state index in [2.05, 4.69) is 13.0 Å². The molecule has 0 bridgehead atoms. The van der Waals surface area contributed by atoms with Crippen LogP contribution in [-0.4, -0.2) is 23.4 Å². The average molecular weight is 222 g/mol. The molecule has 0 radical (unpaired) electrons. The molecule has 0 saturated heterocycles. The lowest BCUT2D eigenvalue weighted by Gasteiger charge is -2.32. The van der Waals surface area contributed by atoms with Crippen LogP contribution in [0.4, 0.5) is 0 Å². The van der Waals surface area contributed by atoms with Gasteiger partial charge >= 0.3 is 0 Å². The first kappa shape index (κ1) is 13.0. The molecule has 90 valence electrons. The monoisotopic (exact) mass is 222 g/mol. The summed E-state index contributed by atoms with van der Waals surface area (Å²) in [5, 5.41) is 8.80. The van der Waals surface area contributed by atoms with Crippen molar-refractivity contribution in [2.45, 2.75) is 64.3 Å². The fourth-order valence-electron chi connectivity index (χ4n) is 2.36. The molecular weight excluding hydrogens is 200 g/mol. The summed E-state index contributed by atoms with van der Waals surface area (Å²) in [6.45, 7) is 2.36. The number of amides is 1. The Bertz CT molecular complexity index is 251. The van der Waals surface area contributed by atoms with Gasteiger partial charge in [-0.25, -0.2) is 0 Å². The maximum Gasteiger partial charge on any atom is 0.223 e. The van der Waals surface area contributed by atoms with Gasteiger partial charge in [-0.3, -0.25) is 4.79 Å². The number of hydrogen-bond donors (Lipinski definition) is 0. The molecule has 0 unspecified atom stereocenters. The van der Waals surface area contributed by atoms with E-state index < -0.39 is 0 Å². The Morgan fingerprint density at radius 3 is 2.62 bits per heavy atom. The van der Waals surface area contributed by atoms with Crippen LogP contribution < -0.4 is 0 Å². The van der Waals surface area contributed by atoms with E-state index in [4.69, 9.17) is 5.26 Å². The zero-order valence-corrected chi connectivity index (χ0v) is 10.2. The molecule has 3 nitrogen and oxygen atoms in total. The lowest BCUT2D eigenvalue weighted by atomic mass is 9.94. The van der Waals surface area contributed by atoms with E-state index in [1.807, 2.05) is 4.90 Å². The first-order chi connectivity index (χ1) is 7.79. The second kappa shape index (κ2) is 7.27. The number of nitriles is 1. The summed E-state index contributed by atoms with van der Waals surface area (Å²) >= 11 is 0. The van der Waals surface area contributed by atoms with Crippen molar-refractivity contribution in [3.8, 4) is 6.07 Å². The van der Waals surface area contributed by atoms with E-state index in [1.165, 1.54) is 19.3 Å². The molecule has 0 N–H and O–H groups in total. The van der Waals surface area contributed by atoms with Crippen LogP contribution >= 0.6 is 0 Å². The van der Waals surface area contributed by atoms with Crippen molar-refractivity contribution in [1.29, 1.82) is 5.26 Å². The van der Waals surface area contributed by atoms with Crippen LogP contribution in [0.3, 0.4) is 0 Å². The van der Waals surface area contributed by atoms with Crippen LogP contribution in [0.15, 0.2) is 0 Å². The third-order valence-corrected chi connectivity index (χ3v) is 3.32. The van der Waals surface area contributed by atoms with Crippen LogP contribution in [0.2, 0.25) is 0 Å². The summed E-state index contributed by atoms with van der Waals surface area (Å²) in [6.07, 6.45) is 8.43. The predicted molar refractivity (Wildman–Crippen MR) is 63.7 cm³/mol. The highest BCUT2D eigenvalue weighted by atomic mass is 16.2. The van der Waals surface area contributed by atoms with Gasteiger partial charge in [0.15, 0.2) is 0 Å². The Hall–Kier alpha value is -1.04. The van der Waals surface area contributed by atoms with Gasteiger partial charge in [-0.2, -0.15) is 5.26 Å². The molecule has 3 heteroatoms.